The maximum atomic E-state index is 3.53. The zero-order chi connectivity index (χ0) is 8.48. The third kappa shape index (κ3) is 3.48. The second-order valence-electron chi connectivity index (χ2n) is 4.61. The van der Waals surface area contributed by atoms with E-state index in [-0.39, 0.29) is 0 Å². The highest BCUT2D eigenvalue weighted by Gasteiger charge is 2.25. The minimum atomic E-state index is 0.467. The van der Waals surface area contributed by atoms with Crippen LogP contribution in [-0.4, -0.2) is 17.2 Å². The van der Waals surface area contributed by atoms with Crippen LogP contribution in [0.3, 0.4) is 0 Å². The summed E-state index contributed by atoms with van der Waals surface area (Å²) in [5.41, 5.74) is 0.467. The van der Waals surface area contributed by atoms with Crippen molar-refractivity contribution in [3.05, 3.63) is 0 Å². The van der Waals surface area contributed by atoms with E-state index in [0.717, 1.165) is 5.25 Å². The fourth-order valence-electron chi connectivity index (χ4n) is 1.35. The van der Waals surface area contributed by atoms with E-state index in [4.69, 9.17) is 0 Å². The van der Waals surface area contributed by atoms with E-state index in [1.54, 1.807) is 0 Å². The Morgan fingerprint density at radius 3 is 2.45 bits per heavy atom. The summed E-state index contributed by atoms with van der Waals surface area (Å²) < 4.78 is 0. The summed E-state index contributed by atoms with van der Waals surface area (Å²) >= 11 is 2.08. The first-order valence-electron chi connectivity index (χ1n) is 4.36. The first kappa shape index (κ1) is 9.40. The molecule has 2 heteroatoms. The molecule has 1 saturated heterocycles. The van der Waals surface area contributed by atoms with E-state index in [2.05, 4.69) is 44.8 Å². The lowest BCUT2D eigenvalue weighted by Gasteiger charge is -2.22. The molecule has 1 rings (SSSR count). The molecule has 0 spiro atoms. The summed E-state index contributed by atoms with van der Waals surface area (Å²) in [7, 11) is 0. The quantitative estimate of drug-likeness (QED) is 0.654. The first-order valence-corrected chi connectivity index (χ1v) is 5.30. The highest BCUT2D eigenvalue weighted by molar-refractivity contribution is 8.00. The van der Waals surface area contributed by atoms with Gasteiger partial charge in [-0.25, -0.2) is 0 Å². The van der Waals surface area contributed by atoms with Gasteiger partial charge in [0.2, 0.25) is 0 Å². The van der Waals surface area contributed by atoms with Gasteiger partial charge in [0.05, 0.1) is 5.37 Å². The van der Waals surface area contributed by atoms with E-state index < -0.39 is 0 Å². The largest absolute Gasteiger partial charge is 0.304 e. The average molecular weight is 173 g/mol. The summed E-state index contributed by atoms with van der Waals surface area (Å²) in [6.45, 7) is 10.4. The van der Waals surface area contributed by atoms with Crippen LogP contribution in [0.1, 0.15) is 34.1 Å². The highest BCUT2D eigenvalue weighted by atomic mass is 32.2. The highest BCUT2D eigenvalue weighted by Crippen LogP contribution is 2.31. The molecule has 2 atom stereocenters. The van der Waals surface area contributed by atoms with Gasteiger partial charge in [-0.2, -0.15) is 0 Å². The number of hydrogen-bond donors (Lipinski definition) is 1. The van der Waals surface area contributed by atoms with E-state index >= 15 is 0 Å². The van der Waals surface area contributed by atoms with Gasteiger partial charge in [-0.05, 0) is 11.8 Å². The second-order valence-corrected chi connectivity index (χ2v) is 6.25. The van der Waals surface area contributed by atoms with Gasteiger partial charge in [0.1, 0.15) is 0 Å². The van der Waals surface area contributed by atoms with Crippen LogP contribution >= 0.6 is 11.8 Å². The number of thioether (sulfide) groups is 1. The maximum Gasteiger partial charge on any atom is 0.0540 e. The van der Waals surface area contributed by atoms with Crippen molar-refractivity contribution in [1.29, 1.82) is 0 Å². The Bertz CT molecular complexity index is 128. The van der Waals surface area contributed by atoms with Crippen molar-refractivity contribution in [2.24, 2.45) is 5.41 Å². The van der Waals surface area contributed by atoms with Crippen LogP contribution in [0.5, 0.6) is 0 Å². The molecule has 1 heterocycles. The molecule has 0 aromatic heterocycles. The predicted octanol–water partition coefficient (Wildman–Crippen LogP) is 2.47. The van der Waals surface area contributed by atoms with Crippen molar-refractivity contribution in [1.82, 2.24) is 5.32 Å². The van der Waals surface area contributed by atoms with Gasteiger partial charge < -0.3 is 5.32 Å². The molecule has 2 unspecified atom stereocenters. The van der Waals surface area contributed by atoms with E-state index in [1.165, 1.54) is 13.0 Å². The summed E-state index contributed by atoms with van der Waals surface area (Å²) in [5, 5.41) is 5.03. The zero-order valence-electron chi connectivity index (χ0n) is 7.98. The Morgan fingerprint density at radius 1 is 1.45 bits per heavy atom. The summed E-state index contributed by atoms with van der Waals surface area (Å²) in [6.07, 6.45) is 1.28. The Morgan fingerprint density at radius 2 is 2.09 bits per heavy atom. The van der Waals surface area contributed by atoms with Gasteiger partial charge in [0.25, 0.3) is 0 Å². The van der Waals surface area contributed by atoms with Crippen molar-refractivity contribution in [3.8, 4) is 0 Å². The fraction of sp³-hybridized carbons (Fsp3) is 1.00. The second kappa shape index (κ2) is 3.36. The lowest BCUT2D eigenvalue weighted by atomic mass is 9.92. The fourth-order valence-corrected chi connectivity index (χ4v) is 2.89. The van der Waals surface area contributed by atoms with Gasteiger partial charge in [-0.1, -0.05) is 27.7 Å². The molecule has 0 amide bonds. The smallest absolute Gasteiger partial charge is 0.0540 e. The molecule has 1 aliphatic rings. The van der Waals surface area contributed by atoms with Gasteiger partial charge >= 0.3 is 0 Å². The molecule has 0 aromatic carbocycles. The molecule has 0 aromatic rings. The van der Waals surface area contributed by atoms with Crippen molar-refractivity contribution in [2.45, 2.75) is 44.7 Å². The molecule has 1 nitrogen and oxygen atoms in total. The summed E-state index contributed by atoms with van der Waals surface area (Å²) in [4.78, 5) is 0. The Labute approximate surface area is 74.3 Å². The minimum absolute atomic E-state index is 0.467. The number of nitrogens with one attached hydrogen (secondary N) is 1. The van der Waals surface area contributed by atoms with E-state index in [1.807, 2.05) is 0 Å². The van der Waals surface area contributed by atoms with E-state index in [0.29, 0.717) is 10.8 Å². The zero-order valence-corrected chi connectivity index (χ0v) is 8.79. The van der Waals surface area contributed by atoms with Crippen LogP contribution in [0, 0.1) is 5.41 Å². The van der Waals surface area contributed by atoms with Crippen molar-refractivity contribution >= 4 is 11.8 Å². The van der Waals surface area contributed by atoms with Crippen molar-refractivity contribution < 1.29 is 0 Å². The van der Waals surface area contributed by atoms with Gasteiger partial charge in [0, 0.05) is 11.8 Å². The Kier molecular flexibility index (Phi) is 2.87. The molecule has 66 valence electrons. The molecular weight excluding hydrogens is 154 g/mol. The predicted molar refractivity (Wildman–Crippen MR) is 52.9 cm³/mol. The monoisotopic (exact) mass is 173 g/mol. The SMILES string of the molecule is CC1CNC(CC(C)(C)C)S1. The van der Waals surface area contributed by atoms with Crippen molar-refractivity contribution in [2.75, 3.05) is 6.54 Å². The molecule has 0 aliphatic carbocycles. The molecule has 11 heavy (non-hydrogen) atoms. The molecule has 0 radical (unpaired) electrons. The molecule has 1 aliphatic heterocycles. The molecule has 0 saturated carbocycles. The van der Waals surface area contributed by atoms with Crippen LogP contribution in [0.15, 0.2) is 0 Å². The normalized spacial score (nSPS) is 32.7. The minimum Gasteiger partial charge on any atom is -0.304 e. The number of hydrogen-bond acceptors (Lipinski definition) is 2. The Hall–Kier alpha value is 0.310. The molecular formula is C9H19NS. The Balaban J connectivity index is 2.29. The van der Waals surface area contributed by atoms with Crippen LogP contribution in [0.25, 0.3) is 0 Å². The number of rotatable bonds is 1. The standard InChI is InChI=1S/C9H19NS/c1-7-6-10-8(11-7)5-9(2,3)4/h7-8,10H,5-6H2,1-4H3. The van der Waals surface area contributed by atoms with Gasteiger partial charge in [-0.3, -0.25) is 0 Å². The lowest BCUT2D eigenvalue weighted by molar-refractivity contribution is 0.359. The van der Waals surface area contributed by atoms with E-state index in [9.17, 15) is 0 Å². The topological polar surface area (TPSA) is 12.0 Å². The lowest BCUT2D eigenvalue weighted by Crippen LogP contribution is -2.25. The van der Waals surface area contributed by atoms with Crippen LogP contribution < -0.4 is 5.32 Å². The summed E-state index contributed by atoms with van der Waals surface area (Å²) in [5.74, 6) is 0. The van der Waals surface area contributed by atoms with Gasteiger partial charge in [-0.15, -0.1) is 11.8 Å². The van der Waals surface area contributed by atoms with Crippen LogP contribution in [0.4, 0.5) is 0 Å². The molecule has 1 N–H and O–H groups in total. The third-order valence-electron chi connectivity index (χ3n) is 1.83. The molecule has 1 fully saturated rings. The van der Waals surface area contributed by atoms with Gasteiger partial charge in [0.15, 0.2) is 0 Å². The van der Waals surface area contributed by atoms with Crippen LogP contribution in [0.2, 0.25) is 0 Å². The molecule has 0 bridgehead atoms. The first-order chi connectivity index (χ1) is 4.97. The third-order valence-corrected chi connectivity index (χ3v) is 3.12. The summed E-state index contributed by atoms with van der Waals surface area (Å²) in [6, 6.07) is 0. The maximum absolute atomic E-state index is 3.53. The van der Waals surface area contributed by atoms with Crippen LogP contribution in [-0.2, 0) is 0 Å². The van der Waals surface area contributed by atoms with Crippen molar-refractivity contribution in [3.63, 3.8) is 0 Å². The average Bonchev–Trinajstić information content (AvgIpc) is 2.10.